The van der Waals surface area contributed by atoms with Gasteiger partial charge in [0.05, 0.1) is 12.7 Å². The fourth-order valence-electron chi connectivity index (χ4n) is 2.99. The third kappa shape index (κ3) is 5.09. The number of primary amides is 1. The smallest absolute Gasteiger partial charge is 0.270 e. The normalized spacial score (nSPS) is 18.1. The van der Waals surface area contributed by atoms with Crippen LogP contribution in [0.1, 0.15) is 43.6 Å². The highest BCUT2D eigenvalue weighted by Crippen LogP contribution is 2.34. The lowest BCUT2D eigenvalue weighted by molar-refractivity contribution is -0.120. The minimum absolute atomic E-state index is 0.181. The van der Waals surface area contributed by atoms with Crippen molar-refractivity contribution < 1.29 is 19.4 Å². The molecule has 1 saturated heterocycles. The molecule has 2 amide bonds. The number of anilines is 1. The van der Waals surface area contributed by atoms with Gasteiger partial charge in [-0.05, 0) is 43.2 Å². The molecule has 1 aromatic heterocycles. The van der Waals surface area contributed by atoms with E-state index in [0.717, 1.165) is 18.5 Å². The topological polar surface area (TPSA) is 118 Å². The molecule has 27 heavy (non-hydrogen) atoms. The van der Waals surface area contributed by atoms with Crippen molar-refractivity contribution in [2.24, 2.45) is 17.6 Å². The fraction of sp³-hybridized carbons (Fsp3) is 0.632. The van der Waals surface area contributed by atoms with E-state index in [4.69, 9.17) is 10.5 Å². The van der Waals surface area contributed by atoms with Crippen molar-refractivity contribution in [2.75, 3.05) is 24.6 Å². The number of nitrogens with one attached hydrogen (secondary N) is 1. The van der Waals surface area contributed by atoms with Crippen LogP contribution in [0.5, 0.6) is 5.88 Å². The van der Waals surface area contributed by atoms with Crippen LogP contribution in [0.4, 0.5) is 5.69 Å². The zero-order valence-electron chi connectivity index (χ0n) is 15.9. The first kappa shape index (κ1) is 19.4. The second kappa shape index (κ2) is 8.12. The summed E-state index contributed by atoms with van der Waals surface area (Å²) in [4.78, 5) is 30.5. The molecule has 4 N–H and O–H groups in total. The first-order valence-electron chi connectivity index (χ1n) is 9.50. The van der Waals surface area contributed by atoms with E-state index < -0.39 is 17.9 Å². The summed E-state index contributed by atoms with van der Waals surface area (Å²) in [7, 11) is 0. The number of pyridine rings is 1. The van der Waals surface area contributed by atoms with Crippen LogP contribution in [0.2, 0.25) is 0 Å². The first-order valence-corrected chi connectivity index (χ1v) is 9.50. The Labute approximate surface area is 159 Å². The van der Waals surface area contributed by atoms with Gasteiger partial charge < -0.3 is 25.8 Å². The van der Waals surface area contributed by atoms with E-state index in [1.807, 2.05) is 18.7 Å². The second-order valence-electron chi connectivity index (χ2n) is 7.89. The summed E-state index contributed by atoms with van der Waals surface area (Å²) in [6, 6.07) is 2.64. The molecule has 8 heteroatoms. The Kier molecular flexibility index (Phi) is 5.84. The highest BCUT2D eigenvalue weighted by Gasteiger charge is 2.30. The third-order valence-corrected chi connectivity index (χ3v) is 4.78. The van der Waals surface area contributed by atoms with E-state index >= 15 is 0 Å². The van der Waals surface area contributed by atoms with Gasteiger partial charge in [-0.15, -0.1) is 0 Å². The maximum Gasteiger partial charge on any atom is 0.270 e. The average molecular weight is 376 g/mol. The van der Waals surface area contributed by atoms with Gasteiger partial charge >= 0.3 is 0 Å². The molecule has 8 nitrogen and oxygen atoms in total. The van der Waals surface area contributed by atoms with Gasteiger partial charge in [0.2, 0.25) is 11.8 Å². The van der Waals surface area contributed by atoms with E-state index in [1.165, 1.54) is 0 Å². The molecule has 1 atom stereocenters. The van der Waals surface area contributed by atoms with Gasteiger partial charge in [-0.1, -0.05) is 13.8 Å². The summed E-state index contributed by atoms with van der Waals surface area (Å²) in [6.07, 6.45) is 2.41. The molecule has 0 spiro atoms. The van der Waals surface area contributed by atoms with Crippen LogP contribution in [0.15, 0.2) is 12.1 Å². The Morgan fingerprint density at radius 3 is 2.63 bits per heavy atom. The van der Waals surface area contributed by atoms with Gasteiger partial charge in [-0.3, -0.25) is 9.59 Å². The van der Waals surface area contributed by atoms with Crippen molar-refractivity contribution in [1.82, 2.24) is 10.3 Å². The number of aromatic nitrogens is 1. The Bertz CT molecular complexity index is 699. The highest BCUT2D eigenvalue weighted by molar-refractivity contribution is 5.96. The standard InChI is InChI=1S/C19H28N4O4/c1-11(2)7-15(17(20)25)21-18(26)14-5-6-16(23-8-13(24)9-23)19(22-14)27-10-12-3-4-12/h5-6,11-13,15,24H,3-4,7-10H2,1-2H3,(H2,20,25)(H,21,26). The number of hydrogen-bond acceptors (Lipinski definition) is 6. The SMILES string of the molecule is CC(C)CC(NC(=O)c1ccc(N2CC(O)C2)c(OCC2CC2)n1)C(N)=O. The van der Waals surface area contributed by atoms with E-state index in [0.29, 0.717) is 37.9 Å². The Balaban J connectivity index is 1.74. The van der Waals surface area contributed by atoms with Crippen LogP contribution in [-0.2, 0) is 4.79 Å². The molecule has 0 radical (unpaired) electrons. The first-order chi connectivity index (χ1) is 12.8. The maximum atomic E-state index is 12.6. The van der Waals surface area contributed by atoms with Crippen molar-refractivity contribution in [1.29, 1.82) is 0 Å². The van der Waals surface area contributed by atoms with Gasteiger partial charge in [-0.2, -0.15) is 0 Å². The number of carbonyl (C=O) groups excluding carboxylic acids is 2. The van der Waals surface area contributed by atoms with E-state index in [1.54, 1.807) is 12.1 Å². The van der Waals surface area contributed by atoms with Crippen LogP contribution >= 0.6 is 0 Å². The van der Waals surface area contributed by atoms with Gasteiger partial charge in [-0.25, -0.2) is 4.98 Å². The number of aliphatic hydroxyl groups excluding tert-OH is 1. The van der Waals surface area contributed by atoms with Crippen LogP contribution in [0, 0.1) is 11.8 Å². The monoisotopic (exact) mass is 376 g/mol. The van der Waals surface area contributed by atoms with Crippen molar-refractivity contribution >= 4 is 17.5 Å². The average Bonchev–Trinajstić information content (AvgIpc) is 3.40. The lowest BCUT2D eigenvalue weighted by atomic mass is 10.0. The molecular weight excluding hydrogens is 348 g/mol. The molecule has 0 aromatic carbocycles. The van der Waals surface area contributed by atoms with Gasteiger partial charge in [0.15, 0.2) is 0 Å². The van der Waals surface area contributed by atoms with Crippen LogP contribution in [0.25, 0.3) is 0 Å². The molecule has 1 saturated carbocycles. The molecule has 1 unspecified atom stereocenters. The number of hydrogen-bond donors (Lipinski definition) is 3. The van der Waals surface area contributed by atoms with Crippen LogP contribution < -0.4 is 20.7 Å². The van der Waals surface area contributed by atoms with Crippen molar-refractivity contribution in [3.63, 3.8) is 0 Å². The summed E-state index contributed by atoms with van der Waals surface area (Å²) in [6.45, 7) is 5.52. The summed E-state index contributed by atoms with van der Waals surface area (Å²) < 4.78 is 5.85. The predicted molar refractivity (Wildman–Crippen MR) is 101 cm³/mol. The lowest BCUT2D eigenvalue weighted by Gasteiger charge is -2.38. The van der Waals surface area contributed by atoms with E-state index in [2.05, 4.69) is 10.3 Å². The summed E-state index contributed by atoms with van der Waals surface area (Å²) >= 11 is 0. The summed E-state index contributed by atoms with van der Waals surface area (Å²) in [5.74, 6) is 0.137. The number of aliphatic hydroxyl groups is 1. The number of nitrogens with two attached hydrogens (primary N) is 1. The minimum atomic E-state index is -0.736. The number of rotatable bonds is 9. The molecule has 2 aliphatic rings. The van der Waals surface area contributed by atoms with Crippen molar-refractivity contribution in [2.45, 2.75) is 45.3 Å². The third-order valence-electron chi connectivity index (χ3n) is 4.78. The maximum absolute atomic E-state index is 12.6. The highest BCUT2D eigenvalue weighted by atomic mass is 16.5. The molecule has 148 valence electrons. The molecule has 1 aliphatic carbocycles. The number of carbonyl (C=O) groups is 2. The number of amides is 2. The van der Waals surface area contributed by atoms with E-state index in [-0.39, 0.29) is 17.7 Å². The summed E-state index contributed by atoms with van der Waals surface area (Å²) in [5, 5.41) is 12.2. The minimum Gasteiger partial charge on any atom is -0.476 e. The lowest BCUT2D eigenvalue weighted by Crippen LogP contribution is -2.51. The number of nitrogens with zero attached hydrogens (tertiary/aromatic N) is 2. The zero-order valence-corrected chi connectivity index (χ0v) is 15.9. The Hall–Kier alpha value is -2.35. The number of ether oxygens (including phenoxy) is 1. The molecule has 1 aromatic rings. The van der Waals surface area contributed by atoms with Gasteiger partial charge in [0.1, 0.15) is 17.4 Å². The van der Waals surface area contributed by atoms with Gasteiger partial charge in [0.25, 0.3) is 5.91 Å². The Morgan fingerprint density at radius 2 is 2.07 bits per heavy atom. The fourth-order valence-corrected chi connectivity index (χ4v) is 2.99. The van der Waals surface area contributed by atoms with Crippen molar-refractivity contribution in [3.05, 3.63) is 17.8 Å². The molecule has 2 fully saturated rings. The Morgan fingerprint density at radius 1 is 1.37 bits per heavy atom. The van der Waals surface area contributed by atoms with Crippen LogP contribution in [-0.4, -0.2) is 53.7 Å². The van der Waals surface area contributed by atoms with Gasteiger partial charge in [0, 0.05) is 13.1 Å². The van der Waals surface area contributed by atoms with Crippen LogP contribution in [0.3, 0.4) is 0 Å². The molecule has 2 heterocycles. The quantitative estimate of drug-likeness (QED) is 0.583. The zero-order chi connectivity index (χ0) is 19.6. The number of β-amino-alcohol motifs (C(OH)–C–C–N with tert-alkyl or cyclic N) is 1. The van der Waals surface area contributed by atoms with Crippen molar-refractivity contribution in [3.8, 4) is 5.88 Å². The largest absolute Gasteiger partial charge is 0.476 e. The second-order valence-corrected chi connectivity index (χ2v) is 7.89. The molecule has 1 aliphatic heterocycles. The summed E-state index contributed by atoms with van der Waals surface area (Å²) in [5.41, 5.74) is 6.35. The van der Waals surface area contributed by atoms with E-state index in [9.17, 15) is 14.7 Å². The molecule has 3 rings (SSSR count). The predicted octanol–water partition coefficient (Wildman–Crippen LogP) is 0.681. The molecular formula is C19H28N4O4. The molecule has 0 bridgehead atoms.